The van der Waals surface area contributed by atoms with E-state index in [1.807, 2.05) is 6.92 Å². The van der Waals surface area contributed by atoms with Gasteiger partial charge in [0, 0.05) is 13.1 Å². The summed E-state index contributed by atoms with van der Waals surface area (Å²) in [6.45, 7) is 5.74. The number of aryl methyl sites for hydroxylation is 1. The molecule has 0 aliphatic heterocycles. The van der Waals surface area contributed by atoms with Crippen LogP contribution < -0.4 is 5.32 Å². The number of aromatic carboxylic acids is 1. The number of carbonyl (C=O) groups excluding carboxylic acids is 1. The molecule has 2 amide bonds. The van der Waals surface area contributed by atoms with Crippen molar-refractivity contribution in [3.05, 3.63) is 29.3 Å². The van der Waals surface area contributed by atoms with Crippen LogP contribution in [0.15, 0.2) is 18.2 Å². The monoisotopic (exact) mass is 278 g/mol. The summed E-state index contributed by atoms with van der Waals surface area (Å²) in [7, 11) is 1.71. The lowest BCUT2D eigenvalue weighted by atomic mass is 10.1. The summed E-state index contributed by atoms with van der Waals surface area (Å²) in [6, 6.07) is 4.86. The Hall–Kier alpha value is -2.04. The molecule has 20 heavy (non-hydrogen) atoms. The quantitative estimate of drug-likeness (QED) is 0.867. The Labute approximate surface area is 119 Å². The Morgan fingerprint density at radius 3 is 2.60 bits per heavy atom. The number of carboxylic acid groups (broad SMARTS) is 1. The maximum absolute atomic E-state index is 12.1. The molecule has 1 aromatic rings. The number of benzene rings is 1. The highest BCUT2D eigenvalue weighted by Gasteiger charge is 2.19. The van der Waals surface area contributed by atoms with Crippen LogP contribution in [0.5, 0.6) is 0 Å². The second-order valence-corrected chi connectivity index (χ2v) is 4.98. The van der Waals surface area contributed by atoms with E-state index in [0.717, 1.165) is 12.8 Å². The maximum Gasteiger partial charge on any atom is 0.338 e. The molecule has 5 nitrogen and oxygen atoms in total. The molecule has 110 valence electrons. The maximum atomic E-state index is 12.1. The summed E-state index contributed by atoms with van der Waals surface area (Å²) in [5, 5.41) is 11.9. The number of hydrogen-bond acceptors (Lipinski definition) is 2. The second kappa shape index (κ2) is 6.93. The lowest BCUT2D eigenvalue weighted by Crippen LogP contribution is -2.38. The molecule has 0 aliphatic rings. The largest absolute Gasteiger partial charge is 0.478 e. The Kier molecular flexibility index (Phi) is 5.55. The molecule has 0 radical (unpaired) electrons. The van der Waals surface area contributed by atoms with Crippen LogP contribution in [0.25, 0.3) is 0 Å². The van der Waals surface area contributed by atoms with Crippen molar-refractivity contribution in [2.75, 3.05) is 12.4 Å². The van der Waals surface area contributed by atoms with Crippen molar-refractivity contribution in [2.45, 2.75) is 39.7 Å². The molecule has 0 bridgehead atoms. The Bertz CT molecular complexity index is 500. The standard InChI is InChI=1S/C15H22N2O3/c1-5-7-11(3)17(4)15(20)16-12-9-6-8-10(2)13(12)14(18)19/h6,8-9,11H,5,7H2,1-4H3,(H,16,20)(H,18,19). The van der Waals surface area contributed by atoms with Gasteiger partial charge < -0.3 is 15.3 Å². The fourth-order valence-electron chi connectivity index (χ4n) is 2.07. The lowest BCUT2D eigenvalue weighted by Gasteiger charge is -2.25. The second-order valence-electron chi connectivity index (χ2n) is 4.98. The van der Waals surface area contributed by atoms with Crippen molar-refractivity contribution in [2.24, 2.45) is 0 Å². The molecular weight excluding hydrogens is 256 g/mol. The normalized spacial score (nSPS) is 11.8. The van der Waals surface area contributed by atoms with Crippen LogP contribution in [0, 0.1) is 6.92 Å². The first-order valence-electron chi connectivity index (χ1n) is 6.75. The molecule has 0 saturated carbocycles. The first kappa shape index (κ1) is 16.0. The molecule has 0 spiro atoms. The van der Waals surface area contributed by atoms with E-state index in [0.29, 0.717) is 11.3 Å². The van der Waals surface area contributed by atoms with E-state index < -0.39 is 5.97 Å². The molecule has 1 atom stereocenters. The van der Waals surface area contributed by atoms with E-state index in [4.69, 9.17) is 0 Å². The zero-order valence-electron chi connectivity index (χ0n) is 12.4. The van der Waals surface area contributed by atoms with Gasteiger partial charge in [-0.1, -0.05) is 25.5 Å². The van der Waals surface area contributed by atoms with E-state index in [1.54, 1.807) is 37.1 Å². The van der Waals surface area contributed by atoms with Gasteiger partial charge in [-0.2, -0.15) is 0 Å². The summed E-state index contributed by atoms with van der Waals surface area (Å²) in [5.74, 6) is -1.04. The highest BCUT2D eigenvalue weighted by atomic mass is 16.4. The van der Waals surface area contributed by atoms with Gasteiger partial charge in [0.2, 0.25) is 0 Å². The van der Waals surface area contributed by atoms with Crippen LogP contribution in [0.2, 0.25) is 0 Å². The highest BCUT2D eigenvalue weighted by Crippen LogP contribution is 2.20. The van der Waals surface area contributed by atoms with Crippen molar-refractivity contribution >= 4 is 17.7 Å². The Morgan fingerprint density at radius 2 is 2.05 bits per heavy atom. The molecule has 0 saturated heterocycles. The third kappa shape index (κ3) is 3.73. The van der Waals surface area contributed by atoms with Crippen molar-refractivity contribution in [1.82, 2.24) is 4.90 Å². The van der Waals surface area contributed by atoms with Gasteiger partial charge in [-0.3, -0.25) is 0 Å². The fraction of sp³-hybridized carbons (Fsp3) is 0.467. The van der Waals surface area contributed by atoms with E-state index in [9.17, 15) is 14.7 Å². The van der Waals surface area contributed by atoms with Crippen LogP contribution in [0.3, 0.4) is 0 Å². The number of anilines is 1. The topological polar surface area (TPSA) is 69.6 Å². The first-order valence-corrected chi connectivity index (χ1v) is 6.75. The fourth-order valence-corrected chi connectivity index (χ4v) is 2.07. The molecule has 0 aromatic heterocycles. The zero-order chi connectivity index (χ0) is 15.3. The number of nitrogens with zero attached hydrogens (tertiary/aromatic N) is 1. The predicted octanol–water partition coefficient (Wildman–Crippen LogP) is 3.35. The average molecular weight is 278 g/mol. The summed E-state index contributed by atoms with van der Waals surface area (Å²) in [4.78, 5) is 25.0. The number of amides is 2. The van der Waals surface area contributed by atoms with Crippen LogP contribution >= 0.6 is 0 Å². The van der Waals surface area contributed by atoms with Gasteiger partial charge in [0.15, 0.2) is 0 Å². The van der Waals surface area contributed by atoms with Gasteiger partial charge in [0.25, 0.3) is 0 Å². The zero-order valence-corrected chi connectivity index (χ0v) is 12.4. The lowest BCUT2D eigenvalue weighted by molar-refractivity contribution is 0.0697. The third-order valence-electron chi connectivity index (χ3n) is 3.42. The molecule has 0 heterocycles. The minimum absolute atomic E-state index is 0.109. The average Bonchev–Trinajstić information content (AvgIpc) is 2.37. The van der Waals surface area contributed by atoms with E-state index in [1.165, 1.54) is 0 Å². The molecule has 5 heteroatoms. The third-order valence-corrected chi connectivity index (χ3v) is 3.42. The highest BCUT2D eigenvalue weighted by molar-refractivity contribution is 6.01. The smallest absolute Gasteiger partial charge is 0.338 e. The Balaban J connectivity index is 2.91. The SMILES string of the molecule is CCCC(C)N(C)C(=O)Nc1cccc(C)c1C(=O)O. The van der Waals surface area contributed by atoms with Crippen LogP contribution in [0.1, 0.15) is 42.6 Å². The number of carbonyl (C=O) groups is 2. The minimum Gasteiger partial charge on any atom is -0.478 e. The van der Waals surface area contributed by atoms with Gasteiger partial charge in [0.05, 0.1) is 11.3 Å². The molecule has 1 unspecified atom stereocenters. The molecule has 1 rings (SSSR count). The van der Waals surface area contributed by atoms with E-state index in [-0.39, 0.29) is 17.6 Å². The van der Waals surface area contributed by atoms with Crippen LogP contribution in [-0.2, 0) is 0 Å². The minimum atomic E-state index is -1.04. The molecule has 0 fully saturated rings. The van der Waals surface area contributed by atoms with Crippen molar-refractivity contribution in [1.29, 1.82) is 0 Å². The van der Waals surface area contributed by atoms with Crippen LogP contribution in [-0.4, -0.2) is 35.1 Å². The number of rotatable bonds is 5. The molecular formula is C15H22N2O3. The molecule has 2 N–H and O–H groups in total. The van der Waals surface area contributed by atoms with Gasteiger partial charge in [-0.15, -0.1) is 0 Å². The van der Waals surface area contributed by atoms with Gasteiger partial charge >= 0.3 is 12.0 Å². The first-order chi connectivity index (χ1) is 9.38. The summed E-state index contributed by atoms with van der Waals surface area (Å²) in [6.07, 6.45) is 1.90. The van der Waals surface area contributed by atoms with Gasteiger partial charge in [0.1, 0.15) is 0 Å². The van der Waals surface area contributed by atoms with Crippen molar-refractivity contribution < 1.29 is 14.7 Å². The number of carboxylic acids is 1. The van der Waals surface area contributed by atoms with Gasteiger partial charge in [-0.05, 0) is 31.9 Å². The van der Waals surface area contributed by atoms with Crippen molar-refractivity contribution in [3.63, 3.8) is 0 Å². The van der Waals surface area contributed by atoms with E-state index >= 15 is 0 Å². The molecule has 1 aromatic carbocycles. The predicted molar refractivity (Wildman–Crippen MR) is 79.3 cm³/mol. The molecule has 0 aliphatic carbocycles. The summed E-state index contributed by atoms with van der Waals surface area (Å²) >= 11 is 0. The van der Waals surface area contributed by atoms with Crippen LogP contribution in [0.4, 0.5) is 10.5 Å². The summed E-state index contributed by atoms with van der Waals surface area (Å²) < 4.78 is 0. The Morgan fingerprint density at radius 1 is 1.40 bits per heavy atom. The van der Waals surface area contributed by atoms with Crippen molar-refractivity contribution in [3.8, 4) is 0 Å². The number of urea groups is 1. The van der Waals surface area contributed by atoms with Gasteiger partial charge in [-0.25, -0.2) is 9.59 Å². The number of nitrogens with one attached hydrogen (secondary N) is 1. The van der Waals surface area contributed by atoms with E-state index in [2.05, 4.69) is 12.2 Å². The summed E-state index contributed by atoms with van der Waals surface area (Å²) in [5.41, 5.74) is 1.09. The number of hydrogen-bond donors (Lipinski definition) is 2.